The van der Waals surface area contributed by atoms with Crippen molar-refractivity contribution in [3.8, 4) is 0 Å². The van der Waals surface area contributed by atoms with E-state index in [1.807, 2.05) is 13.8 Å². The number of hydrogen-bond donors (Lipinski definition) is 2. The molecule has 0 amide bonds. The van der Waals surface area contributed by atoms with Crippen LogP contribution in [0.4, 0.5) is 0 Å². The van der Waals surface area contributed by atoms with Gasteiger partial charge in [-0.3, -0.25) is 0 Å². The lowest BCUT2D eigenvalue weighted by Gasteiger charge is -2.16. The molecule has 0 aromatic rings. The molecular weight excluding hydrogens is 126 g/mol. The summed E-state index contributed by atoms with van der Waals surface area (Å²) in [5.74, 6) is 0. The molecule has 0 unspecified atom stereocenters. The molecule has 0 spiro atoms. The zero-order valence-corrected chi connectivity index (χ0v) is 7.18. The summed E-state index contributed by atoms with van der Waals surface area (Å²) < 4.78 is 0. The van der Waals surface area contributed by atoms with Crippen LogP contribution in [0.3, 0.4) is 0 Å². The van der Waals surface area contributed by atoms with Crippen molar-refractivity contribution in [2.75, 3.05) is 0 Å². The van der Waals surface area contributed by atoms with Gasteiger partial charge < -0.3 is 10.8 Å². The second-order valence-corrected chi connectivity index (χ2v) is 3.81. The van der Waals surface area contributed by atoms with E-state index >= 15 is 0 Å². The Morgan fingerprint density at radius 2 is 1.50 bits per heavy atom. The molecule has 2 nitrogen and oxygen atoms in total. The summed E-state index contributed by atoms with van der Waals surface area (Å²) in [6.07, 6.45) is 3.50. The average Bonchev–Trinajstić information content (AvgIpc) is 1.57. The Hall–Kier alpha value is -0.340. The van der Waals surface area contributed by atoms with Gasteiger partial charge in [0.1, 0.15) is 0 Å². The van der Waals surface area contributed by atoms with Gasteiger partial charge in [-0.05, 0) is 27.7 Å². The third-order valence-corrected chi connectivity index (χ3v) is 0.921. The summed E-state index contributed by atoms with van der Waals surface area (Å²) in [6.45, 7) is 7.20. The standard InChI is InChI=1S/C8H17NO/c1-7(2,9)5-6-8(3,4)10/h5-6,10H,9H2,1-4H3/b6-5+. The average molecular weight is 143 g/mol. The van der Waals surface area contributed by atoms with Crippen molar-refractivity contribution in [2.45, 2.75) is 38.8 Å². The first-order chi connectivity index (χ1) is 4.21. The monoisotopic (exact) mass is 143 g/mol. The second kappa shape index (κ2) is 2.72. The Bertz CT molecular complexity index is 109. The van der Waals surface area contributed by atoms with Gasteiger partial charge in [-0.1, -0.05) is 12.2 Å². The van der Waals surface area contributed by atoms with Crippen molar-refractivity contribution in [2.24, 2.45) is 5.73 Å². The van der Waals surface area contributed by atoms with E-state index in [2.05, 4.69) is 0 Å². The molecule has 0 aromatic heterocycles. The van der Waals surface area contributed by atoms with E-state index in [0.717, 1.165) is 0 Å². The lowest BCUT2D eigenvalue weighted by Crippen LogP contribution is -2.30. The molecule has 2 heteroatoms. The summed E-state index contributed by atoms with van der Waals surface area (Å²) in [5.41, 5.74) is 4.56. The zero-order valence-electron chi connectivity index (χ0n) is 7.18. The van der Waals surface area contributed by atoms with Crippen molar-refractivity contribution in [3.63, 3.8) is 0 Å². The van der Waals surface area contributed by atoms with E-state index in [9.17, 15) is 5.11 Å². The molecule has 0 aliphatic carbocycles. The van der Waals surface area contributed by atoms with Crippen LogP contribution < -0.4 is 5.73 Å². The van der Waals surface area contributed by atoms with Gasteiger partial charge in [0.2, 0.25) is 0 Å². The van der Waals surface area contributed by atoms with Crippen LogP contribution >= 0.6 is 0 Å². The fourth-order valence-electron chi connectivity index (χ4n) is 0.419. The Balaban J connectivity index is 4.01. The van der Waals surface area contributed by atoms with Crippen molar-refractivity contribution in [1.82, 2.24) is 0 Å². The van der Waals surface area contributed by atoms with Crippen molar-refractivity contribution >= 4 is 0 Å². The molecule has 0 rings (SSSR count). The smallest absolute Gasteiger partial charge is 0.0772 e. The van der Waals surface area contributed by atoms with Gasteiger partial charge >= 0.3 is 0 Å². The van der Waals surface area contributed by atoms with Gasteiger partial charge in [-0.15, -0.1) is 0 Å². The first-order valence-corrected chi connectivity index (χ1v) is 3.42. The number of hydrogen-bond acceptors (Lipinski definition) is 2. The summed E-state index contributed by atoms with van der Waals surface area (Å²) in [7, 11) is 0. The normalized spacial score (nSPS) is 14.6. The number of nitrogens with two attached hydrogens (primary N) is 1. The topological polar surface area (TPSA) is 46.2 Å². The molecule has 60 valence electrons. The van der Waals surface area contributed by atoms with E-state index in [1.165, 1.54) is 0 Å². The van der Waals surface area contributed by atoms with Gasteiger partial charge in [0.15, 0.2) is 0 Å². The number of aliphatic hydroxyl groups is 1. The van der Waals surface area contributed by atoms with Crippen LogP contribution in [0.2, 0.25) is 0 Å². The fourth-order valence-corrected chi connectivity index (χ4v) is 0.419. The van der Waals surface area contributed by atoms with Gasteiger partial charge in [0, 0.05) is 5.54 Å². The van der Waals surface area contributed by atoms with Crippen molar-refractivity contribution in [3.05, 3.63) is 12.2 Å². The first kappa shape index (κ1) is 9.66. The summed E-state index contributed by atoms with van der Waals surface area (Å²) in [6, 6.07) is 0. The lowest BCUT2D eigenvalue weighted by atomic mass is 10.0. The van der Waals surface area contributed by atoms with Gasteiger partial charge in [-0.2, -0.15) is 0 Å². The molecular formula is C8H17NO. The SMILES string of the molecule is CC(C)(N)/C=C/C(C)(C)O. The highest BCUT2D eigenvalue weighted by molar-refractivity contribution is 5.05. The van der Waals surface area contributed by atoms with Gasteiger partial charge in [-0.25, -0.2) is 0 Å². The minimum Gasteiger partial charge on any atom is -0.386 e. The highest BCUT2D eigenvalue weighted by atomic mass is 16.3. The Morgan fingerprint density at radius 3 is 1.60 bits per heavy atom. The van der Waals surface area contributed by atoms with E-state index in [1.54, 1.807) is 26.0 Å². The minimum absolute atomic E-state index is 0.333. The van der Waals surface area contributed by atoms with Crippen LogP contribution in [0, 0.1) is 0 Å². The van der Waals surface area contributed by atoms with E-state index < -0.39 is 5.60 Å². The Morgan fingerprint density at radius 1 is 1.10 bits per heavy atom. The first-order valence-electron chi connectivity index (χ1n) is 3.42. The molecule has 0 fully saturated rings. The zero-order chi connectivity index (χ0) is 8.41. The Kier molecular flexibility index (Phi) is 2.63. The van der Waals surface area contributed by atoms with Crippen LogP contribution in [0.15, 0.2) is 12.2 Å². The number of rotatable bonds is 2. The van der Waals surface area contributed by atoms with Gasteiger partial charge in [0.25, 0.3) is 0 Å². The lowest BCUT2D eigenvalue weighted by molar-refractivity contribution is 0.132. The van der Waals surface area contributed by atoms with Crippen LogP contribution in [0.25, 0.3) is 0 Å². The van der Waals surface area contributed by atoms with E-state index in [0.29, 0.717) is 0 Å². The molecule has 0 aliphatic heterocycles. The summed E-state index contributed by atoms with van der Waals surface area (Å²) >= 11 is 0. The molecule has 0 atom stereocenters. The molecule has 0 heterocycles. The van der Waals surface area contributed by atoms with Crippen LogP contribution in [0.1, 0.15) is 27.7 Å². The fraction of sp³-hybridized carbons (Fsp3) is 0.750. The molecule has 0 aliphatic rings. The van der Waals surface area contributed by atoms with E-state index in [4.69, 9.17) is 5.73 Å². The highest BCUT2D eigenvalue weighted by Gasteiger charge is 2.10. The van der Waals surface area contributed by atoms with Crippen LogP contribution in [-0.4, -0.2) is 16.2 Å². The minimum atomic E-state index is -0.753. The predicted octanol–water partition coefficient (Wildman–Crippen LogP) is 1.05. The van der Waals surface area contributed by atoms with Crippen LogP contribution in [-0.2, 0) is 0 Å². The second-order valence-electron chi connectivity index (χ2n) is 3.81. The Labute approximate surface area is 62.7 Å². The largest absolute Gasteiger partial charge is 0.386 e. The molecule has 0 saturated carbocycles. The third kappa shape index (κ3) is 7.66. The third-order valence-electron chi connectivity index (χ3n) is 0.921. The van der Waals surface area contributed by atoms with E-state index in [-0.39, 0.29) is 5.54 Å². The van der Waals surface area contributed by atoms with Crippen molar-refractivity contribution in [1.29, 1.82) is 0 Å². The molecule has 0 radical (unpaired) electrons. The maximum Gasteiger partial charge on any atom is 0.0772 e. The maximum atomic E-state index is 9.24. The highest BCUT2D eigenvalue weighted by Crippen LogP contribution is 2.06. The molecule has 10 heavy (non-hydrogen) atoms. The molecule has 0 saturated heterocycles. The quantitative estimate of drug-likeness (QED) is 0.567. The molecule has 3 N–H and O–H groups in total. The van der Waals surface area contributed by atoms with Gasteiger partial charge in [0.05, 0.1) is 5.60 Å². The molecule has 0 aromatic carbocycles. The maximum absolute atomic E-state index is 9.24. The summed E-state index contributed by atoms with van der Waals surface area (Å²) in [4.78, 5) is 0. The molecule has 0 bridgehead atoms. The van der Waals surface area contributed by atoms with Crippen molar-refractivity contribution < 1.29 is 5.11 Å². The predicted molar refractivity (Wildman–Crippen MR) is 43.7 cm³/mol. The van der Waals surface area contributed by atoms with Crippen LogP contribution in [0.5, 0.6) is 0 Å². The summed E-state index contributed by atoms with van der Waals surface area (Å²) in [5, 5.41) is 9.24.